The minimum atomic E-state index is 0.0509. The fourth-order valence-corrected chi connectivity index (χ4v) is 3.74. The molecule has 150 valence electrons. The monoisotopic (exact) mass is 383 g/mol. The highest BCUT2D eigenvalue weighted by atomic mass is 16.5. The van der Waals surface area contributed by atoms with Gasteiger partial charge in [-0.15, -0.1) is 0 Å². The van der Waals surface area contributed by atoms with Crippen LogP contribution >= 0.6 is 0 Å². The molecule has 6 heteroatoms. The summed E-state index contributed by atoms with van der Waals surface area (Å²) >= 11 is 0. The quantitative estimate of drug-likeness (QED) is 0.793. The van der Waals surface area contributed by atoms with Gasteiger partial charge in [0.15, 0.2) is 0 Å². The van der Waals surface area contributed by atoms with Crippen molar-refractivity contribution >= 4 is 5.91 Å². The predicted octanol–water partition coefficient (Wildman–Crippen LogP) is 3.47. The van der Waals surface area contributed by atoms with Crippen LogP contribution in [0.1, 0.15) is 53.1 Å². The second kappa shape index (κ2) is 8.35. The van der Waals surface area contributed by atoms with Crippen molar-refractivity contribution in [2.75, 3.05) is 19.6 Å². The van der Waals surface area contributed by atoms with E-state index in [-0.39, 0.29) is 5.91 Å². The minimum absolute atomic E-state index is 0.0509. The van der Waals surface area contributed by atoms with Crippen LogP contribution in [-0.4, -0.2) is 41.6 Å². The molecule has 1 aromatic carbocycles. The number of nitrogens with one attached hydrogen (secondary N) is 1. The third-order valence-electron chi connectivity index (χ3n) is 5.84. The molecule has 2 heterocycles. The first-order valence-electron chi connectivity index (χ1n) is 10.3. The molecule has 4 rings (SSSR count). The summed E-state index contributed by atoms with van der Waals surface area (Å²) in [6, 6.07) is 8.03. The fraction of sp³-hybridized carbons (Fsp3) is 0.545. The second-order valence-electron chi connectivity index (χ2n) is 8.01. The zero-order chi connectivity index (χ0) is 19.5. The van der Waals surface area contributed by atoms with Gasteiger partial charge in [-0.25, -0.2) is 0 Å². The van der Waals surface area contributed by atoms with E-state index in [1.807, 2.05) is 43.0 Å². The number of aromatic nitrogens is 1. The molecule has 6 nitrogen and oxygen atoms in total. The smallest absolute Gasteiger partial charge is 0.257 e. The van der Waals surface area contributed by atoms with Crippen LogP contribution in [0.4, 0.5) is 0 Å². The van der Waals surface area contributed by atoms with E-state index in [9.17, 15) is 4.79 Å². The van der Waals surface area contributed by atoms with Gasteiger partial charge < -0.3 is 19.5 Å². The lowest BCUT2D eigenvalue weighted by Gasteiger charge is -2.33. The molecule has 2 aliphatic rings. The van der Waals surface area contributed by atoms with Gasteiger partial charge in [-0.2, -0.15) is 0 Å². The molecule has 1 saturated carbocycles. The molecular formula is C22H29N3O3. The molecule has 1 aliphatic carbocycles. The van der Waals surface area contributed by atoms with E-state index in [4.69, 9.17) is 9.26 Å². The standard InChI is InChI=1S/C22H29N3O3/c1-15-20(16(2)28-24-15)14-27-21-6-4-3-5-19(21)22(26)25-11-9-18(10-12-25)23-13-17-7-8-17/h3-6,17-18,23H,7-14H2,1-2H3. The maximum absolute atomic E-state index is 13.1. The maximum atomic E-state index is 13.1. The summed E-state index contributed by atoms with van der Waals surface area (Å²) in [5.74, 6) is 2.31. The number of aryl methyl sites for hydroxylation is 2. The van der Waals surface area contributed by atoms with Crippen molar-refractivity contribution in [2.24, 2.45) is 5.92 Å². The van der Waals surface area contributed by atoms with Gasteiger partial charge >= 0.3 is 0 Å². The largest absolute Gasteiger partial charge is 0.488 e. The Bertz CT molecular complexity index is 801. The van der Waals surface area contributed by atoms with Crippen molar-refractivity contribution in [2.45, 2.75) is 52.2 Å². The molecule has 1 amide bonds. The highest BCUT2D eigenvalue weighted by molar-refractivity contribution is 5.97. The highest BCUT2D eigenvalue weighted by Gasteiger charge is 2.27. The van der Waals surface area contributed by atoms with Crippen LogP contribution in [0.2, 0.25) is 0 Å². The van der Waals surface area contributed by atoms with E-state index < -0.39 is 0 Å². The number of carbonyl (C=O) groups excluding carboxylic acids is 1. The fourth-order valence-electron chi connectivity index (χ4n) is 3.74. The first-order valence-corrected chi connectivity index (χ1v) is 10.3. The molecule has 2 aromatic rings. The Morgan fingerprint density at radius 2 is 1.96 bits per heavy atom. The Balaban J connectivity index is 1.36. The molecular weight excluding hydrogens is 354 g/mol. The number of para-hydroxylation sites is 1. The van der Waals surface area contributed by atoms with E-state index >= 15 is 0 Å². The molecule has 0 bridgehead atoms. The first kappa shape index (κ1) is 19.0. The van der Waals surface area contributed by atoms with E-state index in [0.29, 0.717) is 24.0 Å². The zero-order valence-electron chi connectivity index (χ0n) is 16.7. The van der Waals surface area contributed by atoms with Crippen LogP contribution in [-0.2, 0) is 6.61 Å². The number of likely N-dealkylation sites (tertiary alicyclic amines) is 1. The van der Waals surface area contributed by atoms with Crippen LogP contribution < -0.4 is 10.1 Å². The van der Waals surface area contributed by atoms with Crippen molar-refractivity contribution in [3.63, 3.8) is 0 Å². The van der Waals surface area contributed by atoms with Gasteiger partial charge in [-0.3, -0.25) is 4.79 Å². The number of nitrogens with zero attached hydrogens (tertiary/aromatic N) is 2. The van der Waals surface area contributed by atoms with Gasteiger partial charge in [0.25, 0.3) is 5.91 Å². The number of hydrogen-bond acceptors (Lipinski definition) is 5. The molecule has 1 aliphatic heterocycles. The molecule has 1 N–H and O–H groups in total. The van der Waals surface area contributed by atoms with Gasteiger partial charge in [-0.05, 0) is 64.1 Å². The Kier molecular flexibility index (Phi) is 5.67. The number of ether oxygens (including phenoxy) is 1. The molecule has 0 atom stereocenters. The summed E-state index contributed by atoms with van der Waals surface area (Å²) in [7, 11) is 0. The van der Waals surface area contributed by atoms with Crippen molar-refractivity contribution in [3.8, 4) is 5.75 Å². The molecule has 1 saturated heterocycles. The molecule has 0 unspecified atom stereocenters. The normalized spacial score (nSPS) is 17.7. The lowest BCUT2D eigenvalue weighted by Crippen LogP contribution is -2.45. The average molecular weight is 383 g/mol. The Morgan fingerprint density at radius 1 is 1.21 bits per heavy atom. The Morgan fingerprint density at radius 3 is 2.64 bits per heavy atom. The number of carbonyl (C=O) groups is 1. The summed E-state index contributed by atoms with van der Waals surface area (Å²) in [5, 5.41) is 7.62. The summed E-state index contributed by atoms with van der Waals surface area (Å²) < 4.78 is 11.2. The van der Waals surface area contributed by atoms with Gasteiger partial charge in [-0.1, -0.05) is 17.3 Å². The summed E-state index contributed by atoms with van der Waals surface area (Å²) in [5.41, 5.74) is 2.38. The minimum Gasteiger partial charge on any atom is -0.488 e. The molecule has 2 fully saturated rings. The van der Waals surface area contributed by atoms with Crippen LogP contribution in [0.15, 0.2) is 28.8 Å². The topological polar surface area (TPSA) is 67.6 Å². The van der Waals surface area contributed by atoms with Crippen molar-refractivity contribution < 1.29 is 14.1 Å². The predicted molar refractivity (Wildman–Crippen MR) is 106 cm³/mol. The Hall–Kier alpha value is -2.34. The van der Waals surface area contributed by atoms with Crippen LogP contribution in [0.25, 0.3) is 0 Å². The number of benzene rings is 1. The number of piperidine rings is 1. The SMILES string of the molecule is Cc1noc(C)c1COc1ccccc1C(=O)N1CCC(NCC2CC2)CC1. The van der Waals surface area contributed by atoms with Gasteiger partial charge in [0, 0.05) is 19.1 Å². The van der Waals surface area contributed by atoms with Crippen LogP contribution in [0.3, 0.4) is 0 Å². The zero-order valence-corrected chi connectivity index (χ0v) is 16.7. The third-order valence-corrected chi connectivity index (χ3v) is 5.84. The van der Waals surface area contributed by atoms with Crippen molar-refractivity contribution in [3.05, 3.63) is 46.8 Å². The second-order valence-corrected chi connectivity index (χ2v) is 8.01. The summed E-state index contributed by atoms with van der Waals surface area (Å²) in [6.07, 6.45) is 4.77. The average Bonchev–Trinajstić information content (AvgIpc) is 3.50. The Labute approximate surface area is 166 Å². The molecule has 0 radical (unpaired) electrons. The first-order chi connectivity index (χ1) is 13.6. The van der Waals surface area contributed by atoms with E-state index in [1.165, 1.54) is 12.8 Å². The molecule has 28 heavy (non-hydrogen) atoms. The van der Waals surface area contributed by atoms with Crippen molar-refractivity contribution in [1.82, 2.24) is 15.4 Å². The van der Waals surface area contributed by atoms with Crippen LogP contribution in [0.5, 0.6) is 5.75 Å². The molecule has 1 aromatic heterocycles. The lowest BCUT2D eigenvalue weighted by molar-refractivity contribution is 0.0700. The van der Waals surface area contributed by atoms with Gasteiger partial charge in [0.2, 0.25) is 0 Å². The van der Waals surface area contributed by atoms with E-state index in [2.05, 4.69) is 10.5 Å². The summed E-state index contributed by atoms with van der Waals surface area (Å²) in [4.78, 5) is 15.0. The van der Waals surface area contributed by atoms with Crippen LogP contribution in [0, 0.1) is 19.8 Å². The summed E-state index contributed by atoms with van der Waals surface area (Å²) in [6.45, 7) is 6.83. The number of hydrogen-bond donors (Lipinski definition) is 1. The van der Waals surface area contributed by atoms with Gasteiger partial charge in [0.1, 0.15) is 18.1 Å². The van der Waals surface area contributed by atoms with E-state index in [1.54, 1.807) is 0 Å². The maximum Gasteiger partial charge on any atom is 0.257 e. The highest BCUT2D eigenvalue weighted by Crippen LogP contribution is 2.28. The van der Waals surface area contributed by atoms with E-state index in [0.717, 1.165) is 55.4 Å². The number of rotatable bonds is 7. The lowest BCUT2D eigenvalue weighted by atomic mass is 10.0. The number of amides is 1. The third kappa shape index (κ3) is 4.38. The van der Waals surface area contributed by atoms with Gasteiger partial charge in [0.05, 0.1) is 16.8 Å². The molecule has 0 spiro atoms. The van der Waals surface area contributed by atoms with Crippen molar-refractivity contribution in [1.29, 1.82) is 0 Å².